The third kappa shape index (κ3) is 9.11. The molecule has 14 nitrogen and oxygen atoms in total. The maximum atomic E-state index is 12.9. The maximum absolute atomic E-state index is 12.9. The highest BCUT2D eigenvalue weighted by Crippen LogP contribution is 2.35. The lowest BCUT2D eigenvalue weighted by Crippen LogP contribution is -2.41. The molecule has 1 aromatic heterocycles. The van der Waals surface area contributed by atoms with Crippen molar-refractivity contribution in [1.82, 2.24) is 15.0 Å². The van der Waals surface area contributed by atoms with Gasteiger partial charge >= 0.3 is 18.3 Å². The molecule has 0 aliphatic carbocycles. The van der Waals surface area contributed by atoms with Gasteiger partial charge in [-0.2, -0.15) is 10.2 Å². The molecule has 2 aromatic rings. The molecule has 0 saturated carbocycles. The Morgan fingerprint density at radius 2 is 1.64 bits per heavy atom. The van der Waals surface area contributed by atoms with Gasteiger partial charge in [-0.05, 0) is 46.2 Å². The van der Waals surface area contributed by atoms with Crippen molar-refractivity contribution in [1.29, 1.82) is 0 Å². The Labute approximate surface area is 246 Å². The molecule has 2 atom stereocenters. The fraction of sp³-hybridized carbons (Fsp3) is 0.643. The highest BCUT2D eigenvalue weighted by atomic mass is 16.9. The molecule has 14 heteroatoms. The van der Waals surface area contributed by atoms with Crippen molar-refractivity contribution < 1.29 is 47.9 Å². The highest BCUT2D eigenvalue weighted by Gasteiger charge is 2.37. The lowest BCUT2D eigenvalue weighted by molar-refractivity contribution is -0.360. The van der Waals surface area contributed by atoms with Crippen LogP contribution in [0.1, 0.15) is 91.1 Å². The fourth-order valence-electron chi connectivity index (χ4n) is 4.10. The smallest absolute Gasteiger partial charge is 0.493 e. The number of nitrogens with two attached hydrogens (primary N) is 1. The molecule has 1 aromatic carbocycles. The molecule has 0 bridgehead atoms. The van der Waals surface area contributed by atoms with Crippen LogP contribution in [0, 0.1) is 5.92 Å². The summed E-state index contributed by atoms with van der Waals surface area (Å²) in [5.41, 5.74) is 7.93. The largest absolute Gasteiger partial charge is 0.514 e. The van der Waals surface area contributed by atoms with Crippen LogP contribution in [0.25, 0.3) is 0 Å². The van der Waals surface area contributed by atoms with E-state index in [1.54, 1.807) is 46.8 Å². The summed E-state index contributed by atoms with van der Waals surface area (Å²) in [4.78, 5) is 25.5. The third-order valence-corrected chi connectivity index (χ3v) is 5.95. The molecule has 0 aliphatic rings. The van der Waals surface area contributed by atoms with Gasteiger partial charge in [-0.1, -0.05) is 20.8 Å². The highest BCUT2D eigenvalue weighted by molar-refractivity contribution is 5.61. The van der Waals surface area contributed by atoms with E-state index in [2.05, 4.69) is 10.2 Å². The second kappa shape index (κ2) is 15.4. The number of hydrogen-bond donors (Lipinski definition) is 2. The number of benzene rings is 1. The first kappa shape index (κ1) is 34.4. The van der Waals surface area contributed by atoms with Gasteiger partial charge in [0.2, 0.25) is 6.23 Å². The topological polar surface area (TPSA) is 176 Å². The summed E-state index contributed by atoms with van der Waals surface area (Å²) >= 11 is 0. The third-order valence-electron chi connectivity index (χ3n) is 5.95. The van der Waals surface area contributed by atoms with E-state index in [1.165, 1.54) is 18.8 Å². The van der Waals surface area contributed by atoms with E-state index in [1.807, 2.05) is 13.8 Å². The van der Waals surface area contributed by atoms with Crippen molar-refractivity contribution in [2.24, 2.45) is 5.92 Å². The van der Waals surface area contributed by atoms with E-state index in [-0.39, 0.29) is 43.8 Å². The standard InChI is InChI=1S/C28H44N4O10/c1-10-28(37-11-2,38-12-3)42-27(35)41-25(16(4)5)32-30-21(24(31-32)18(8)40-26(33)34)13-19-14-23(39-17(6)7)22(36-9)15-20(19)29/h14-18,25H,10-13,29H2,1-9H3,(H,33,34). The minimum Gasteiger partial charge on any atom is -0.493 e. The van der Waals surface area contributed by atoms with Crippen molar-refractivity contribution in [3.8, 4) is 11.5 Å². The van der Waals surface area contributed by atoms with Crippen LogP contribution in [0.5, 0.6) is 11.5 Å². The molecule has 2 rings (SSSR count). The number of hydrogen-bond acceptors (Lipinski definition) is 12. The Morgan fingerprint density at radius 1 is 1.00 bits per heavy atom. The molecule has 0 aliphatic heterocycles. The normalized spacial score (nSPS) is 13.1. The first-order chi connectivity index (χ1) is 19.8. The maximum Gasteiger partial charge on any atom is 0.514 e. The van der Waals surface area contributed by atoms with Gasteiger partial charge in [0.15, 0.2) is 11.5 Å². The average molecular weight is 597 g/mol. The number of nitrogen functional groups attached to an aromatic ring is 1. The molecule has 236 valence electrons. The van der Waals surface area contributed by atoms with Crippen LogP contribution < -0.4 is 15.2 Å². The van der Waals surface area contributed by atoms with Crippen molar-refractivity contribution in [2.45, 2.75) is 92.6 Å². The Bertz CT molecular complexity index is 1180. The van der Waals surface area contributed by atoms with Crippen LogP contribution in [0.2, 0.25) is 0 Å². The lowest BCUT2D eigenvalue weighted by atomic mass is 10.0. The number of aromatic nitrogens is 3. The average Bonchev–Trinajstić information content (AvgIpc) is 3.31. The van der Waals surface area contributed by atoms with Gasteiger partial charge in [0.25, 0.3) is 0 Å². The Balaban J connectivity index is 2.50. The van der Waals surface area contributed by atoms with E-state index < -0.39 is 30.6 Å². The predicted molar refractivity (Wildman–Crippen MR) is 151 cm³/mol. The second-order valence-electron chi connectivity index (χ2n) is 9.93. The molecule has 42 heavy (non-hydrogen) atoms. The minimum atomic E-state index is -1.61. The summed E-state index contributed by atoms with van der Waals surface area (Å²) in [5.74, 6) is -0.990. The molecular formula is C28H44N4O10. The van der Waals surface area contributed by atoms with E-state index >= 15 is 0 Å². The molecule has 0 amide bonds. The Morgan fingerprint density at radius 3 is 2.14 bits per heavy atom. The Kier molecular flexibility index (Phi) is 12.7. The summed E-state index contributed by atoms with van der Waals surface area (Å²) in [6.45, 7) is 14.6. The monoisotopic (exact) mass is 596 g/mol. The number of ether oxygens (including phenoxy) is 7. The predicted octanol–water partition coefficient (Wildman–Crippen LogP) is 5.45. The van der Waals surface area contributed by atoms with Crippen LogP contribution in [-0.2, 0) is 30.1 Å². The van der Waals surface area contributed by atoms with Crippen LogP contribution in [0.3, 0.4) is 0 Å². The zero-order valence-electron chi connectivity index (χ0n) is 25.8. The summed E-state index contributed by atoms with van der Waals surface area (Å²) in [6, 6.07) is 3.38. The van der Waals surface area contributed by atoms with Gasteiger partial charge in [-0.15, -0.1) is 4.80 Å². The molecule has 1 heterocycles. The summed E-state index contributed by atoms with van der Waals surface area (Å²) < 4.78 is 38.5. The van der Waals surface area contributed by atoms with E-state index in [0.717, 1.165) is 0 Å². The molecule has 3 N–H and O–H groups in total. The number of anilines is 1. The molecule has 0 fully saturated rings. The fourth-order valence-corrected chi connectivity index (χ4v) is 4.10. The van der Waals surface area contributed by atoms with Crippen LogP contribution >= 0.6 is 0 Å². The van der Waals surface area contributed by atoms with Crippen LogP contribution in [0.4, 0.5) is 15.3 Å². The minimum absolute atomic E-state index is 0.128. The van der Waals surface area contributed by atoms with Crippen LogP contribution in [0.15, 0.2) is 12.1 Å². The van der Waals surface area contributed by atoms with E-state index in [0.29, 0.717) is 28.4 Å². The number of carbonyl (C=O) groups excluding carboxylic acids is 1. The lowest BCUT2D eigenvalue weighted by Gasteiger charge is -2.31. The van der Waals surface area contributed by atoms with Crippen LogP contribution in [-0.4, -0.2) is 64.8 Å². The first-order valence-electron chi connectivity index (χ1n) is 13.9. The number of carbonyl (C=O) groups is 2. The van der Waals surface area contributed by atoms with Gasteiger partial charge in [-0.3, -0.25) is 0 Å². The number of carboxylic acid groups (broad SMARTS) is 1. The van der Waals surface area contributed by atoms with Crippen molar-refractivity contribution in [3.05, 3.63) is 29.1 Å². The molecular weight excluding hydrogens is 552 g/mol. The molecule has 0 radical (unpaired) electrons. The zero-order chi connectivity index (χ0) is 31.6. The number of rotatable bonds is 16. The van der Waals surface area contributed by atoms with Gasteiger partial charge in [0.05, 0.1) is 32.1 Å². The molecule has 0 saturated heterocycles. The SMILES string of the molecule is CCOC(CC)(OCC)OC(=O)OC(C(C)C)n1nc(Cc2cc(OC(C)C)c(OC)cc2N)c(C(C)OC(=O)O)n1. The Hall–Kier alpha value is -3.78. The quantitative estimate of drug-likeness (QED) is 0.142. The summed E-state index contributed by atoms with van der Waals surface area (Å²) in [7, 11) is 1.51. The van der Waals surface area contributed by atoms with E-state index in [9.17, 15) is 14.7 Å². The van der Waals surface area contributed by atoms with E-state index in [4.69, 9.17) is 38.9 Å². The summed E-state index contributed by atoms with van der Waals surface area (Å²) in [5, 5.41) is 18.3. The summed E-state index contributed by atoms with van der Waals surface area (Å²) in [6.07, 6.45) is -4.34. The van der Waals surface area contributed by atoms with Gasteiger partial charge in [0, 0.05) is 30.5 Å². The van der Waals surface area contributed by atoms with Crippen molar-refractivity contribution >= 4 is 18.0 Å². The van der Waals surface area contributed by atoms with Gasteiger partial charge in [0.1, 0.15) is 11.8 Å². The molecule has 2 unspecified atom stereocenters. The molecule has 0 spiro atoms. The number of methoxy groups -OCH3 is 1. The second-order valence-corrected chi connectivity index (χ2v) is 9.93. The van der Waals surface area contributed by atoms with Gasteiger partial charge in [-0.25, -0.2) is 9.59 Å². The van der Waals surface area contributed by atoms with Gasteiger partial charge < -0.3 is 44.0 Å². The first-order valence-corrected chi connectivity index (χ1v) is 13.9. The van der Waals surface area contributed by atoms with Crippen molar-refractivity contribution in [3.63, 3.8) is 0 Å². The number of nitrogens with zero attached hydrogens (tertiary/aromatic N) is 3. The zero-order valence-corrected chi connectivity index (χ0v) is 25.8. The van der Waals surface area contributed by atoms with Crippen molar-refractivity contribution in [2.75, 3.05) is 26.1 Å².